The Morgan fingerprint density at radius 1 is 1.36 bits per heavy atom. The molecule has 1 heterocycles. The van der Waals surface area contributed by atoms with E-state index in [4.69, 9.17) is 0 Å². The summed E-state index contributed by atoms with van der Waals surface area (Å²) in [5.74, 6) is 0.962. The average Bonchev–Trinajstić information content (AvgIpc) is 2.19. The molecule has 3 nitrogen and oxygen atoms in total. The van der Waals surface area contributed by atoms with Crippen LogP contribution in [0.5, 0.6) is 0 Å². The Kier molecular flexibility index (Phi) is 3.16. The molecule has 0 bridgehead atoms. The van der Waals surface area contributed by atoms with E-state index in [2.05, 4.69) is 10.2 Å². The maximum Gasteiger partial charge on any atom is 0.290 e. The van der Waals surface area contributed by atoms with Crippen LogP contribution < -0.4 is 10.2 Å². The van der Waals surface area contributed by atoms with Crippen molar-refractivity contribution >= 4 is 23.7 Å². The molecule has 1 atom stereocenters. The lowest BCUT2D eigenvalue weighted by molar-refractivity contribution is 0.577. The topological polar surface area (TPSA) is 41.1 Å². The van der Waals surface area contributed by atoms with Gasteiger partial charge in [0.2, 0.25) is 0 Å². The molecule has 2 N–H and O–H groups in total. The third-order valence-electron chi connectivity index (χ3n) is 1.96. The van der Waals surface area contributed by atoms with Crippen molar-refractivity contribution in [2.24, 2.45) is 0 Å². The minimum absolute atomic E-state index is 0.837. The molecular weight excluding hydrogens is 215 g/mol. The van der Waals surface area contributed by atoms with E-state index < -0.39 is 6.65 Å². The quantitative estimate of drug-likeness (QED) is 0.764. The number of anilines is 1. The Morgan fingerprint density at radius 3 is 2.79 bits per heavy atom. The van der Waals surface area contributed by atoms with Crippen LogP contribution in [-0.4, -0.2) is 12.3 Å². The van der Waals surface area contributed by atoms with Crippen LogP contribution in [0.15, 0.2) is 30.3 Å². The third kappa shape index (κ3) is 2.53. The molecule has 1 unspecified atom stereocenters. The molecular formula is C9H13N2OPS. The van der Waals surface area contributed by atoms with Gasteiger partial charge in [0.05, 0.1) is 0 Å². The van der Waals surface area contributed by atoms with Gasteiger partial charge in [0.1, 0.15) is 0 Å². The molecule has 2 rings (SSSR count). The van der Waals surface area contributed by atoms with E-state index in [1.165, 1.54) is 11.4 Å². The predicted molar refractivity (Wildman–Crippen MR) is 62.7 cm³/mol. The summed E-state index contributed by atoms with van der Waals surface area (Å²) in [6.07, 6.45) is 1.09. The van der Waals surface area contributed by atoms with Crippen LogP contribution in [0.3, 0.4) is 0 Å². The molecule has 1 aromatic rings. The SMILES string of the molecule is O=P1(Nc2ccccc2)NCCCS1. The van der Waals surface area contributed by atoms with Crippen molar-refractivity contribution in [1.82, 2.24) is 5.09 Å². The molecule has 0 spiro atoms. The number of benzene rings is 1. The van der Waals surface area contributed by atoms with Gasteiger partial charge in [0.25, 0.3) is 6.65 Å². The lowest BCUT2D eigenvalue weighted by Gasteiger charge is -2.24. The fraction of sp³-hybridized carbons (Fsp3) is 0.333. The molecule has 0 saturated carbocycles. The van der Waals surface area contributed by atoms with Crippen molar-refractivity contribution < 1.29 is 4.57 Å². The first-order valence-electron chi connectivity index (χ1n) is 4.62. The first-order valence-corrected chi connectivity index (χ1v) is 7.91. The van der Waals surface area contributed by atoms with E-state index in [-0.39, 0.29) is 0 Å². The fourth-order valence-corrected chi connectivity index (χ4v) is 5.21. The van der Waals surface area contributed by atoms with Gasteiger partial charge in [-0.15, -0.1) is 0 Å². The third-order valence-corrected chi connectivity index (χ3v) is 6.29. The maximum atomic E-state index is 12.1. The van der Waals surface area contributed by atoms with E-state index >= 15 is 0 Å². The van der Waals surface area contributed by atoms with Gasteiger partial charge in [-0.25, -0.2) is 5.09 Å². The lowest BCUT2D eigenvalue weighted by Crippen LogP contribution is -2.20. The highest BCUT2D eigenvalue weighted by Crippen LogP contribution is 2.55. The molecule has 1 aliphatic rings. The largest absolute Gasteiger partial charge is 0.317 e. The minimum Gasteiger partial charge on any atom is -0.317 e. The van der Waals surface area contributed by atoms with Gasteiger partial charge in [-0.3, -0.25) is 4.57 Å². The number of para-hydroxylation sites is 1. The summed E-state index contributed by atoms with van der Waals surface area (Å²) in [4.78, 5) is 0. The van der Waals surface area contributed by atoms with Crippen molar-refractivity contribution in [2.75, 3.05) is 17.4 Å². The Hall–Kier alpha value is -0.440. The highest BCUT2D eigenvalue weighted by molar-refractivity contribution is 8.58. The molecule has 1 saturated heterocycles. The van der Waals surface area contributed by atoms with Crippen molar-refractivity contribution in [2.45, 2.75) is 6.42 Å². The van der Waals surface area contributed by atoms with Crippen LogP contribution in [0.2, 0.25) is 0 Å². The smallest absolute Gasteiger partial charge is 0.290 e. The highest BCUT2D eigenvalue weighted by Gasteiger charge is 2.24. The first kappa shape index (κ1) is 10.1. The lowest BCUT2D eigenvalue weighted by atomic mass is 10.3. The van der Waals surface area contributed by atoms with E-state index in [1.54, 1.807) is 0 Å². The van der Waals surface area contributed by atoms with Crippen LogP contribution in [0.25, 0.3) is 0 Å². The summed E-state index contributed by atoms with van der Waals surface area (Å²) in [6, 6.07) is 9.67. The predicted octanol–water partition coefficient (Wildman–Crippen LogP) is 2.93. The molecule has 0 aromatic heterocycles. The van der Waals surface area contributed by atoms with E-state index in [1.807, 2.05) is 30.3 Å². The second-order valence-electron chi connectivity index (χ2n) is 3.12. The van der Waals surface area contributed by atoms with Crippen LogP contribution >= 0.6 is 18.0 Å². The molecule has 0 radical (unpaired) electrons. The summed E-state index contributed by atoms with van der Waals surface area (Å²) < 4.78 is 12.1. The van der Waals surface area contributed by atoms with Crippen LogP contribution in [0.1, 0.15) is 6.42 Å². The summed E-state index contributed by atoms with van der Waals surface area (Å²) in [5.41, 5.74) is 0.915. The Morgan fingerprint density at radius 2 is 2.14 bits per heavy atom. The van der Waals surface area contributed by atoms with Gasteiger partial charge in [-0.2, -0.15) is 0 Å². The molecule has 1 aromatic carbocycles. The Balaban J connectivity index is 2.06. The van der Waals surface area contributed by atoms with Crippen LogP contribution in [-0.2, 0) is 4.57 Å². The monoisotopic (exact) mass is 228 g/mol. The van der Waals surface area contributed by atoms with Gasteiger partial charge < -0.3 is 5.09 Å². The zero-order valence-corrected chi connectivity index (χ0v) is 9.48. The zero-order chi connectivity index (χ0) is 9.86. The second kappa shape index (κ2) is 4.39. The first-order chi connectivity index (χ1) is 6.79. The zero-order valence-electron chi connectivity index (χ0n) is 7.77. The highest BCUT2D eigenvalue weighted by atomic mass is 32.7. The minimum atomic E-state index is -2.42. The van der Waals surface area contributed by atoms with Crippen molar-refractivity contribution in [1.29, 1.82) is 0 Å². The molecule has 0 aliphatic carbocycles. The number of nitrogens with one attached hydrogen (secondary N) is 2. The molecule has 14 heavy (non-hydrogen) atoms. The van der Waals surface area contributed by atoms with E-state index in [0.717, 1.165) is 24.4 Å². The van der Waals surface area contributed by atoms with Gasteiger partial charge in [0.15, 0.2) is 0 Å². The Labute approximate surface area is 87.9 Å². The Bertz CT molecular complexity index is 334. The van der Waals surface area contributed by atoms with Crippen molar-refractivity contribution in [3.63, 3.8) is 0 Å². The summed E-state index contributed by atoms with van der Waals surface area (Å²) in [5, 5.41) is 6.12. The number of rotatable bonds is 2. The normalized spacial score (nSPS) is 27.1. The van der Waals surface area contributed by atoms with Crippen LogP contribution in [0.4, 0.5) is 5.69 Å². The number of hydrogen-bond donors (Lipinski definition) is 2. The van der Waals surface area contributed by atoms with Gasteiger partial charge in [0, 0.05) is 18.0 Å². The standard InChI is InChI=1S/C9H13N2OPS/c12-13(10-7-4-8-14-13)11-9-5-2-1-3-6-9/h1-3,5-6H,4,7-8H2,(H2,10,11,12). The van der Waals surface area contributed by atoms with Crippen molar-refractivity contribution in [3.8, 4) is 0 Å². The number of hydrogen-bond acceptors (Lipinski definition) is 2. The van der Waals surface area contributed by atoms with Gasteiger partial charge in [-0.05, 0) is 18.6 Å². The summed E-state index contributed by atoms with van der Waals surface area (Å²) in [7, 11) is 0. The summed E-state index contributed by atoms with van der Waals surface area (Å²) in [6.45, 7) is -1.58. The van der Waals surface area contributed by atoms with Crippen LogP contribution in [0, 0.1) is 0 Å². The second-order valence-corrected chi connectivity index (χ2v) is 7.75. The van der Waals surface area contributed by atoms with E-state index in [0.29, 0.717) is 0 Å². The average molecular weight is 228 g/mol. The van der Waals surface area contributed by atoms with Gasteiger partial charge >= 0.3 is 0 Å². The van der Waals surface area contributed by atoms with E-state index in [9.17, 15) is 4.57 Å². The van der Waals surface area contributed by atoms with Crippen molar-refractivity contribution in [3.05, 3.63) is 30.3 Å². The molecule has 5 heteroatoms. The van der Waals surface area contributed by atoms with Gasteiger partial charge in [-0.1, -0.05) is 29.6 Å². The maximum absolute atomic E-state index is 12.1. The summed E-state index contributed by atoms with van der Waals surface area (Å²) >= 11 is 1.49. The molecule has 1 fully saturated rings. The molecule has 0 amide bonds. The fourth-order valence-electron chi connectivity index (χ4n) is 1.29. The molecule has 76 valence electrons. The molecule has 1 aliphatic heterocycles.